The lowest BCUT2D eigenvalue weighted by Gasteiger charge is -2.18. The summed E-state index contributed by atoms with van der Waals surface area (Å²) in [5.41, 5.74) is 0.941. The highest BCUT2D eigenvalue weighted by Gasteiger charge is 2.31. The summed E-state index contributed by atoms with van der Waals surface area (Å²) in [6.07, 6.45) is 5.01. The van der Waals surface area contributed by atoms with Crippen LogP contribution in [0.4, 0.5) is 0 Å². The predicted octanol–water partition coefficient (Wildman–Crippen LogP) is 4.33. The molecule has 0 spiro atoms. The number of benzene rings is 1. The molecule has 0 atom stereocenters. The molecule has 0 unspecified atom stereocenters. The van der Waals surface area contributed by atoms with Crippen LogP contribution in [0.2, 0.25) is 0 Å². The number of rotatable bonds is 10. The molecule has 1 saturated heterocycles. The molecule has 0 aromatic heterocycles. The number of thiocarbonyl (C=S) groups is 1. The number of hydrogen-bond donors (Lipinski definition) is 0. The molecule has 152 valence electrons. The third-order valence-electron chi connectivity index (χ3n) is 4.68. The summed E-state index contributed by atoms with van der Waals surface area (Å²) in [6, 6.07) is 7.56. The number of nitrogens with zero attached hydrogens (tertiary/aromatic N) is 2. The standard InChI is InChI=1S/C21H28N2O3S2/c1-4-22(5-2)19(24)9-7-6-8-14-23-20(25)18(28-21(23)27)15-16-10-12-17(26-3)13-11-16/h10-13,15H,4-9,14H2,1-3H3/b18-15-. The number of methoxy groups -OCH3 is 1. The van der Waals surface area contributed by atoms with Crippen LogP contribution in [0.1, 0.15) is 45.1 Å². The van der Waals surface area contributed by atoms with Gasteiger partial charge in [-0.3, -0.25) is 14.5 Å². The second-order valence-corrected chi connectivity index (χ2v) is 8.16. The van der Waals surface area contributed by atoms with Crippen molar-refractivity contribution in [3.8, 4) is 5.75 Å². The summed E-state index contributed by atoms with van der Waals surface area (Å²) >= 11 is 6.72. The SMILES string of the molecule is CCN(CC)C(=O)CCCCCN1C(=O)/C(=C/c2ccc(OC)cc2)SC1=S. The zero-order chi connectivity index (χ0) is 20.5. The zero-order valence-electron chi connectivity index (χ0n) is 16.8. The molecule has 0 bridgehead atoms. The van der Waals surface area contributed by atoms with Crippen molar-refractivity contribution >= 4 is 46.2 Å². The Hall–Kier alpha value is -1.86. The molecule has 0 radical (unpaired) electrons. The van der Waals surface area contributed by atoms with E-state index in [1.54, 1.807) is 12.0 Å². The maximum atomic E-state index is 12.6. The minimum absolute atomic E-state index is 0.0370. The second kappa shape index (κ2) is 11.2. The highest BCUT2D eigenvalue weighted by atomic mass is 32.2. The highest BCUT2D eigenvalue weighted by molar-refractivity contribution is 8.26. The number of carbonyl (C=O) groups excluding carboxylic acids is 2. The van der Waals surface area contributed by atoms with Gasteiger partial charge in [0, 0.05) is 26.1 Å². The molecule has 28 heavy (non-hydrogen) atoms. The summed E-state index contributed by atoms with van der Waals surface area (Å²) in [5, 5.41) is 0. The fourth-order valence-corrected chi connectivity index (χ4v) is 4.31. The van der Waals surface area contributed by atoms with E-state index in [9.17, 15) is 9.59 Å². The first-order valence-corrected chi connectivity index (χ1v) is 10.9. The van der Waals surface area contributed by atoms with Gasteiger partial charge in [0.05, 0.1) is 12.0 Å². The molecule has 2 rings (SSSR count). The van der Waals surface area contributed by atoms with E-state index < -0.39 is 0 Å². The van der Waals surface area contributed by atoms with Gasteiger partial charge in [-0.2, -0.15) is 0 Å². The van der Waals surface area contributed by atoms with E-state index in [4.69, 9.17) is 17.0 Å². The molecule has 1 aliphatic heterocycles. The summed E-state index contributed by atoms with van der Waals surface area (Å²) in [4.78, 5) is 28.8. The fourth-order valence-electron chi connectivity index (χ4n) is 3.00. The minimum atomic E-state index is -0.0370. The van der Waals surface area contributed by atoms with Gasteiger partial charge < -0.3 is 9.64 Å². The Morgan fingerprint density at radius 1 is 1.18 bits per heavy atom. The van der Waals surface area contributed by atoms with E-state index in [-0.39, 0.29) is 11.8 Å². The number of amides is 2. The molecule has 1 heterocycles. The van der Waals surface area contributed by atoms with Crippen molar-refractivity contribution in [3.05, 3.63) is 34.7 Å². The molecule has 0 N–H and O–H groups in total. The van der Waals surface area contributed by atoms with Gasteiger partial charge in [0.1, 0.15) is 10.1 Å². The van der Waals surface area contributed by atoms with Crippen LogP contribution >= 0.6 is 24.0 Å². The van der Waals surface area contributed by atoms with E-state index in [2.05, 4.69) is 0 Å². The van der Waals surface area contributed by atoms with Gasteiger partial charge in [-0.25, -0.2) is 0 Å². The number of carbonyl (C=O) groups is 2. The molecule has 2 amide bonds. The third kappa shape index (κ3) is 6.07. The Morgan fingerprint density at radius 3 is 2.46 bits per heavy atom. The predicted molar refractivity (Wildman–Crippen MR) is 119 cm³/mol. The van der Waals surface area contributed by atoms with Gasteiger partial charge in [0.25, 0.3) is 5.91 Å². The van der Waals surface area contributed by atoms with E-state index in [0.29, 0.717) is 22.2 Å². The Labute approximate surface area is 177 Å². The molecule has 0 aliphatic carbocycles. The highest BCUT2D eigenvalue weighted by Crippen LogP contribution is 2.33. The molecule has 1 fully saturated rings. The third-order valence-corrected chi connectivity index (χ3v) is 6.05. The van der Waals surface area contributed by atoms with E-state index in [1.165, 1.54) is 11.8 Å². The average Bonchev–Trinajstić information content (AvgIpc) is 2.96. The summed E-state index contributed by atoms with van der Waals surface area (Å²) in [5.74, 6) is 0.951. The Bertz CT molecular complexity index is 728. The van der Waals surface area contributed by atoms with Crippen LogP contribution in [-0.4, -0.2) is 52.7 Å². The van der Waals surface area contributed by atoms with Crippen LogP contribution in [0.25, 0.3) is 6.08 Å². The monoisotopic (exact) mass is 420 g/mol. The number of unbranched alkanes of at least 4 members (excludes halogenated alkanes) is 2. The maximum absolute atomic E-state index is 12.6. The summed E-state index contributed by atoms with van der Waals surface area (Å²) in [6.45, 7) is 6.11. The van der Waals surface area contributed by atoms with Gasteiger partial charge >= 0.3 is 0 Å². The van der Waals surface area contributed by atoms with Crippen LogP contribution < -0.4 is 4.74 Å². The van der Waals surface area contributed by atoms with E-state index >= 15 is 0 Å². The molecule has 1 aliphatic rings. The smallest absolute Gasteiger partial charge is 0.266 e. The summed E-state index contributed by atoms with van der Waals surface area (Å²) < 4.78 is 5.75. The van der Waals surface area contributed by atoms with Gasteiger partial charge in [-0.05, 0) is 50.5 Å². The van der Waals surface area contributed by atoms with Gasteiger partial charge in [-0.1, -0.05) is 42.5 Å². The lowest BCUT2D eigenvalue weighted by atomic mass is 10.1. The van der Waals surface area contributed by atoms with Crippen molar-refractivity contribution in [3.63, 3.8) is 0 Å². The lowest BCUT2D eigenvalue weighted by Crippen LogP contribution is -2.30. The quantitative estimate of drug-likeness (QED) is 0.320. The molecule has 7 heteroatoms. The number of hydrogen-bond acceptors (Lipinski definition) is 5. The van der Waals surface area contributed by atoms with E-state index in [0.717, 1.165) is 43.7 Å². The van der Waals surface area contributed by atoms with Crippen molar-refractivity contribution in [2.75, 3.05) is 26.7 Å². The first kappa shape index (κ1) is 22.4. The average molecular weight is 421 g/mol. The normalized spacial score (nSPS) is 15.4. The first-order valence-electron chi connectivity index (χ1n) is 9.67. The lowest BCUT2D eigenvalue weighted by molar-refractivity contribution is -0.131. The Balaban J connectivity index is 1.81. The van der Waals surface area contributed by atoms with Crippen molar-refractivity contribution < 1.29 is 14.3 Å². The van der Waals surface area contributed by atoms with Gasteiger partial charge in [0.15, 0.2) is 0 Å². The van der Waals surface area contributed by atoms with Gasteiger partial charge in [-0.15, -0.1) is 0 Å². The Kier molecular flexibility index (Phi) is 8.99. The first-order chi connectivity index (χ1) is 13.5. The number of thioether (sulfide) groups is 1. The molecule has 5 nitrogen and oxygen atoms in total. The fraction of sp³-hybridized carbons (Fsp3) is 0.476. The van der Waals surface area contributed by atoms with E-state index in [1.807, 2.05) is 49.1 Å². The zero-order valence-corrected chi connectivity index (χ0v) is 18.4. The molecular weight excluding hydrogens is 392 g/mol. The minimum Gasteiger partial charge on any atom is -0.497 e. The van der Waals surface area contributed by atoms with Crippen molar-refractivity contribution in [1.29, 1.82) is 0 Å². The molecule has 0 saturated carbocycles. The molecular formula is C21H28N2O3S2. The van der Waals surface area contributed by atoms with Crippen LogP contribution in [0.15, 0.2) is 29.2 Å². The summed E-state index contributed by atoms with van der Waals surface area (Å²) in [7, 11) is 1.62. The largest absolute Gasteiger partial charge is 0.497 e. The van der Waals surface area contributed by atoms with Crippen molar-refractivity contribution in [2.24, 2.45) is 0 Å². The van der Waals surface area contributed by atoms with Crippen LogP contribution in [0.3, 0.4) is 0 Å². The number of ether oxygens (including phenoxy) is 1. The van der Waals surface area contributed by atoms with Crippen LogP contribution in [0, 0.1) is 0 Å². The van der Waals surface area contributed by atoms with Crippen LogP contribution in [-0.2, 0) is 9.59 Å². The molecule has 1 aromatic carbocycles. The van der Waals surface area contributed by atoms with Crippen molar-refractivity contribution in [1.82, 2.24) is 9.80 Å². The van der Waals surface area contributed by atoms with Crippen LogP contribution in [0.5, 0.6) is 5.75 Å². The van der Waals surface area contributed by atoms with Crippen molar-refractivity contribution in [2.45, 2.75) is 39.5 Å². The maximum Gasteiger partial charge on any atom is 0.266 e. The molecule has 1 aromatic rings. The Morgan fingerprint density at radius 2 is 1.86 bits per heavy atom. The van der Waals surface area contributed by atoms with Gasteiger partial charge in [0.2, 0.25) is 5.91 Å². The topological polar surface area (TPSA) is 49.9 Å². The second-order valence-electron chi connectivity index (χ2n) is 6.48.